The maximum absolute atomic E-state index is 5.76. The minimum Gasteiger partial charge on any atom is -0.453 e. The quantitative estimate of drug-likeness (QED) is 0.736. The third-order valence-electron chi connectivity index (χ3n) is 1.74. The molecule has 3 nitrogen and oxygen atoms in total. The van der Waals surface area contributed by atoms with Crippen molar-refractivity contribution in [3.05, 3.63) is 23.1 Å². The van der Waals surface area contributed by atoms with Crippen LogP contribution in [0, 0.1) is 0 Å². The molecule has 1 N–H and O–H groups in total. The molecule has 1 rings (SSSR count). The molecule has 0 radical (unpaired) electrons. The molecule has 4 heteroatoms. The summed E-state index contributed by atoms with van der Waals surface area (Å²) < 4.78 is 4.96. The van der Waals surface area contributed by atoms with Crippen molar-refractivity contribution in [1.29, 1.82) is 0 Å². The van der Waals surface area contributed by atoms with Gasteiger partial charge >= 0.3 is 0 Å². The second-order valence-electron chi connectivity index (χ2n) is 3.20. The molecular formula is C9H15ClN2O. The Hall–Kier alpha value is -0.510. The van der Waals surface area contributed by atoms with Crippen LogP contribution in [0.15, 0.2) is 16.7 Å². The zero-order chi connectivity index (χ0) is 9.68. The highest BCUT2D eigenvalue weighted by molar-refractivity contribution is 6.29. The first-order valence-electron chi connectivity index (χ1n) is 4.27. The van der Waals surface area contributed by atoms with E-state index in [0.717, 1.165) is 25.2 Å². The summed E-state index contributed by atoms with van der Waals surface area (Å²) in [6, 6.07) is 1.88. The Morgan fingerprint density at radius 2 is 2.31 bits per heavy atom. The van der Waals surface area contributed by atoms with Crippen molar-refractivity contribution in [3.63, 3.8) is 0 Å². The van der Waals surface area contributed by atoms with E-state index in [0.29, 0.717) is 5.22 Å². The van der Waals surface area contributed by atoms with Crippen molar-refractivity contribution in [3.8, 4) is 0 Å². The average molecular weight is 203 g/mol. The third-order valence-corrected chi connectivity index (χ3v) is 2.08. The topological polar surface area (TPSA) is 28.4 Å². The van der Waals surface area contributed by atoms with E-state index in [9.17, 15) is 0 Å². The van der Waals surface area contributed by atoms with E-state index in [1.165, 1.54) is 0 Å². The van der Waals surface area contributed by atoms with Gasteiger partial charge in [0.05, 0.1) is 6.26 Å². The molecule has 1 aromatic rings. The minimum atomic E-state index is 0.484. The van der Waals surface area contributed by atoms with Gasteiger partial charge in [0.2, 0.25) is 0 Å². The molecule has 1 aromatic heterocycles. The van der Waals surface area contributed by atoms with E-state index in [1.807, 2.05) is 20.2 Å². The molecule has 13 heavy (non-hydrogen) atoms. The fraction of sp³-hybridized carbons (Fsp3) is 0.556. The lowest BCUT2D eigenvalue weighted by Crippen LogP contribution is -2.26. The van der Waals surface area contributed by atoms with Gasteiger partial charge < -0.3 is 14.6 Å². The zero-order valence-electron chi connectivity index (χ0n) is 8.01. The molecule has 0 unspecified atom stereocenters. The molecule has 0 aliphatic heterocycles. The fourth-order valence-electron chi connectivity index (χ4n) is 0.971. The molecule has 0 aliphatic rings. The summed E-state index contributed by atoms with van der Waals surface area (Å²) in [7, 11) is 4.10. The zero-order valence-corrected chi connectivity index (χ0v) is 8.77. The van der Waals surface area contributed by atoms with Crippen molar-refractivity contribution in [2.45, 2.75) is 6.54 Å². The largest absolute Gasteiger partial charge is 0.453 e. The molecule has 0 saturated heterocycles. The summed E-state index contributed by atoms with van der Waals surface area (Å²) in [5, 5.41) is 3.76. The molecule has 74 valence electrons. The lowest BCUT2D eigenvalue weighted by molar-refractivity contribution is 0.399. The van der Waals surface area contributed by atoms with Crippen molar-refractivity contribution in [2.24, 2.45) is 0 Å². The summed E-state index contributed by atoms with van der Waals surface area (Å²) in [6.07, 6.45) is 1.60. The van der Waals surface area contributed by atoms with Gasteiger partial charge in [0.1, 0.15) is 0 Å². The van der Waals surface area contributed by atoms with Crippen LogP contribution in [0.5, 0.6) is 0 Å². The molecule has 0 fully saturated rings. The normalized spacial score (nSPS) is 11.1. The molecule has 0 amide bonds. The SMILES string of the molecule is CN(C)CCNCc1ccoc1Cl. The van der Waals surface area contributed by atoms with E-state index in [2.05, 4.69) is 10.2 Å². The number of likely N-dealkylation sites (N-methyl/N-ethyl adjacent to an activating group) is 1. The van der Waals surface area contributed by atoms with Gasteiger partial charge in [-0.05, 0) is 31.8 Å². The van der Waals surface area contributed by atoms with E-state index >= 15 is 0 Å². The summed E-state index contributed by atoms with van der Waals surface area (Å²) in [5.74, 6) is 0. The van der Waals surface area contributed by atoms with Gasteiger partial charge in [0, 0.05) is 25.2 Å². The number of nitrogens with zero attached hydrogens (tertiary/aromatic N) is 1. The van der Waals surface area contributed by atoms with Crippen LogP contribution in [-0.2, 0) is 6.54 Å². The van der Waals surface area contributed by atoms with Gasteiger partial charge in [-0.15, -0.1) is 0 Å². The van der Waals surface area contributed by atoms with Crippen LogP contribution in [0.25, 0.3) is 0 Å². The van der Waals surface area contributed by atoms with Crippen LogP contribution < -0.4 is 5.32 Å². The Labute approximate surface area is 83.7 Å². The van der Waals surface area contributed by atoms with Crippen LogP contribution in [0.1, 0.15) is 5.56 Å². The molecule has 0 bridgehead atoms. The lowest BCUT2D eigenvalue weighted by Gasteiger charge is -2.09. The Morgan fingerprint density at radius 3 is 2.85 bits per heavy atom. The summed E-state index contributed by atoms with van der Waals surface area (Å²) in [4.78, 5) is 2.13. The first-order valence-corrected chi connectivity index (χ1v) is 4.65. The Bertz CT molecular complexity index is 248. The van der Waals surface area contributed by atoms with E-state index in [-0.39, 0.29) is 0 Å². The van der Waals surface area contributed by atoms with Crippen LogP contribution in [0.4, 0.5) is 0 Å². The summed E-state index contributed by atoms with van der Waals surface area (Å²) in [5.41, 5.74) is 1.01. The van der Waals surface area contributed by atoms with Crippen LogP contribution in [-0.4, -0.2) is 32.1 Å². The second-order valence-corrected chi connectivity index (χ2v) is 3.54. The van der Waals surface area contributed by atoms with Gasteiger partial charge in [-0.1, -0.05) is 0 Å². The minimum absolute atomic E-state index is 0.484. The maximum atomic E-state index is 5.76. The number of nitrogens with one attached hydrogen (secondary N) is 1. The molecule has 0 aliphatic carbocycles. The lowest BCUT2D eigenvalue weighted by atomic mass is 10.3. The van der Waals surface area contributed by atoms with Crippen molar-refractivity contribution in [2.75, 3.05) is 27.2 Å². The van der Waals surface area contributed by atoms with Gasteiger partial charge in [-0.2, -0.15) is 0 Å². The van der Waals surface area contributed by atoms with E-state index < -0.39 is 0 Å². The van der Waals surface area contributed by atoms with E-state index in [4.69, 9.17) is 16.0 Å². The van der Waals surface area contributed by atoms with Crippen LogP contribution in [0.3, 0.4) is 0 Å². The summed E-state index contributed by atoms with van der Waals surface area (Å²) in [6.45, 7) is 2.74. The van der Waals surface area contributed by atoms with Crippen molar-refractivity contribution < 1.29 is 4.42 Å². The molecule has 0 aromatic carbocycles. The molecule has 0 spiro atoms. The van der Waals surface area contributed by atoms with Gasteiger partial charge in [-0.3, -0.25) is 0 Å². The molecule has 0 atom stereocenters. The number of rotatable bonds is 5. The van der Waals surface area contributed by atoms with Crippen LogP contribution >= 0.6 is 11.6 Å². The monoisotopic (exact) mass is 202 g/mol. The van der Waals surface area contributed by atoms with Crippen LogP contribution in [0.2, 0.25) is 5.22 Å². The van der Waals surface area contributed by atoms with Crippen molar-refractivity contribution >= 4 is 11.6 Å². The predicted octanol–water partition coefficient (Wildman–Crippen LogP) is 1.58. The second kappa shape index (κ2) is 5.27. The fourth-order valence-corrected chi connectivity index (χ4v) is 1.15. The van der Waals surface area contributed by atoms with Gasteiger partial charge in [0.15, 0.2) is 5.22 Å². The molecule has 1 heterocycles. The standard InChI is InChI=1S/C9H15ClN2O/c1-12(2)5-4-11-7-8-3-6-13-9(8)10/h3,6,11H,4-5,7H2,1-2H3. The Kier molecular flexibility index (Phi) is 4.28. The third kappa shape index (κ3) is 3.81. The Balaban J connectivity index is 2.17. The van der Waals surface area contributed by atoms with Crippen molar-refractivity contribution in [1.82, 2.24) is 10.2 Å². The Morgan fingerprint density at radius 1 is 1.54 bits per heavy atom. The highest BCUT2D eigenvalue weighted by Crippen LogP contribution is 2.15. The average Bonchev–Trinajstić information content (AvgIpc) is 2.45. The number of hydrogen-bond donors (Lipinski definition) is 1. The summed E-state index contributed by atoms with van der Waals surface area (Å²) >= 11 is 5.76. The first kappa shape index (κ1) is 10.6. The van der Waals surface area contributed by atoms with E-state index in [1.54, 1.807) is 6.26 Å². The number of halogens is 1. The highest BCUT2D eigenvalue weighted by atomic mass is 35.5. The maximum Gasteiger partial charge on any atom is 0.197 e. The van der Waals surface area contributed by atoms with Gasteiger partial charge in [-0.25, -0.2) is 0 Å². The smallest absolute Gasteiger partial charge is 0.197 e. The predicted molar refractivity (Wildman–Crippen MR) is 54.0 cm³/mol. The molecular weight excluding hydrogens is 188 g/mol. The first-order chi connectivity index (χ1) is 6.20. The number of hydrogen-bond acceptors (Lipinski definition) is 3. The van der Waals surface area contributed by atoms with Gasteiger partial charge in [0.25, 0.3) is 0 Å². The highest BCUT2D eigenvalue weighted by Gasteiger charge is 2.01. The number of furan rings is 1. The molecule has 0 saturated carbocycles.